The van der Waals surface area contributed by atoms with Gasteiger partial charge in [-0.3, -0.25) is 0 Å². The third-order valence-electron chi connectivity index (χ3n) is 3.37. The molecule has 3 aromatic heterocycles. The van der Waals surface area contributed by atoms with E-state index >= 15 is 0 Å². The van der Waals surface area contributed by atoms with E-state index in [0.29, 0.717) is 0 Å². The van der Waals surface area contributed by atoms with Gasteiger partial charge in [0, 0.05) is 27.5 Å². The SMILES string of the molecule is Cc1sc(-c2cccs2)nc1-c1c[nH]c2ccccc12. The van der Waals surface area contributed by atoms with Crippen LogP contribution in [0.25, 0.3) is 32.0 Å². The van der Waals surface area contributed by atoms with E-state index in [4.69, 9.17) is 4.98 Å². The highest BCUT2D eigenvalue weighted by atomic mass is 32.1. The van der Waals surface area contributed by atoms with Crippen molar-refractivity contribution in [3.63, 3.8) is 0 Å². The fourth-order valence-corrected chi connectivity index (χ4v) is 4.14. The Labute approximate surface area is 124 Å². The number of benzene rings is 1. The summed E-state index contributed by atoms with van der Waals surface area (Å²) in [6.07, 6.45) is 2.06. The first kappa shape index (κ1) is 11.9. The van der Waals surface area contributed by atoms with Gasteiger partial charge in [-0.1, -0.05) is 24.3 Å². The van der Waals surface area contributed by atoms with Crippen molar-refractivity contribution in [2.24, 2.45) is 0 Å². The molecule has 2 nitrogen and oxygen atoms in total. The van der Waals surface area contributed by atoms with Gasteiger partial charge in [0.15, 0.2) is 0 Å². The second-order valence-corrected chi connectivity index (χ2v) is 6.80. The van der Waals surface area contributed by atoms with E-state index in [-0.39, 0.29) is 0 Å². The molecule has 0 atom stereocenters. The maximum Gasteiger partial charge on any atom is 0.134 e. The van der Waals surface area contributed by atoms with Gasteiger partial charge in [-0.2, -0.15) is 0 Å². The largest absolute Gasteiger partial charge is 0.360 e. The lowest BCUT2D eigenvalue weighted by atomic mass is 10.1. The number of hydrogen-bond donors (Lipinski definition) is 1. The van der Waals surface area contributed by atoms with Gasteiger partial charge < -0.3 is 4.98 Å². The van der Waals surface area contributed by atoms with Crippen molar-refractivity contribution < 1.29 is 0 Å². The Morgan fingerprint density at radius 3 is 2.85 bits per heavy atom. The summed E-state index contributed by atoms with van der Waals surface area (Å²) in [7, 11) is 0. The number of aromatic nitrogens is 2. The summed E-state index contributed by atoms with van der Waals surface area (Å²) >= 11 is 3.50. The summed E-state index contributed by atoms with van der Waals surface area (Å²) in [6.45, 7) is 2.14. The Balaban J connectivity index is 1.90. The minimum atomic E-state index is 1.09. The van der Waals surface area contributed by atoms with Crippen LogP contribution in [0, 0.1) is 6.92 Å². The van der Waals surface area contributed by atoms with Crippen molar-refractivity contribution in [3.8, 4) is 21.1 Å². The Kier molecular flexibility index (Phi) is 2.72. The summed E-state index contributed by atoms with van der Waals surface area (Å²) < 4.78 is 0. The fraction of sp³-hybridized carbons (Fsp3) is 0.0625. The summed E-state index contributed by atoms with van der Waals surface area (Å²) in [6, 6.07) is 12.6. The molecule has 4 rings (SSSR count). The van der Waals surface area contributed by atoms with Gasteiger partial charge in [0.1, 0.15) is 5.01 Å². The van der Waals surface area contributed by atoms with E-state index in [0.717, 1.165) is 16.2 Å². The highest BCUT2D eigenvalue weighted by Gasteiger charge is 2.14. The first-order chi connectivity index (χ1) is 9.83. The van der Waals surface area contributed by atoms with Crippen LogP contribution in [0.5, 0.6) is 0 Å². The summed E-state index contributed by atoms with van der Waals surface area (Å²) in [4.78, 5) is 10.7. The number of aromatic amines is 1. The second kappa shape index (κ2) is 4.58. The van der Waals surface area contributed by atoms with Gasteiger partial charge in [0.2, 0.25) is 0 Å². The van der Waals surface area contributed by atoms with Gasteiger partial charge in [0.05, 0.1) is 10.6 Å². The zero-order chi connectivity index (χ0) is 13.5. The average molecular weight is 296 g/mol. The molecule has 4 heteroatoms. The zero-order valence-corrected chi connectivity index (χ0v) is 12.5. The van der Waals surface area contributed by atoms with Crippen molar-refractivity contribution in [2.75, 3.05) is 0 Å². The molecule has 0 bridgehead atoms. The molecular formula is C16H12N2S2. The first-order valence-corrected chi connectivity index (χ1v) is 8.10. The summed E-state index contributed by atoms with van der Waals surface area (Å²) in [5.74, 6) is 0. The number of H-pyrrole nitrogens is 1. The number of nitrogens with one attached hydrogen (secondary N) is 1. The minimum absolute atomic E-state index is 1.09. The molecule has 1 aromatic carbocycles. The van der Waals surface area contributed by atoms with Crippen LogP contribution in [-0.4, -0.2) is 9.97 Å². The number of aryl methyl sites for hydroxylation is 1. The molecule has 98 valence electrons. The van der Waals surface area contributed by atoms with Gasteiger partial charge in [-0.25, -0.2) is 4.98 Å². The Morgan fingerprint density at radius 2 is 2.00 bits per heavy atom. The molecular weight excluding hydrogens is 284 g/mol. The van der Waals surface area contributed by atoms with Crippen LogP contribution in [-0.2, 0) is 0 Å². The predicted molar refractivity (Wildman–Crippen MR) is 87.5 cm³/mol. The first-order valence-electron chi connectivity index (χ1n) is 6.41. The van der Waals surface area contributed by atoms with Crippen LogP contribution < -0.4 is 0 Å². The van der Waals surface area contributed by atoms with Gasteiger partial charge in [-0.15, -0.1) is 22.7 Å². The lowest BCUT2D eigenvalue weighted by Crippen LogP contribution is -1.78. The molecule has 0 amide bonds. The van der Waals surface area contributed by atoms with Crippen LogP contribution in [0.3, 0.4) is 0 Å². The van der Waals surface area contributed by atoms with Crippen LogP contribution in [0.2, 0.25) is 0 Å². The van der Waals surface area contributed by atoms with Crippen LogP contribution >= 0.6 is 22.7 Å². The molecule has 4 aromatic rings. The highest BCUT2D eigenvalue weighted by molar-refractivity contribution is 7.21. The van der Waals surface area contributed by atoms with Gasteiger partial charge in [-0.05, 0) is 24.4 Å². The molecule has 0 spiro atoms. The van der Waals surface area contributed by atoms with Crippen LogP contribution in [0.1, 0.15) is 4.88 Å². The van der Waals surface area contributed by atoms with Gasteiger partial charge >= 0.3 is 0 Å². The maximum atomic E-state index is 4.85. The monoisotopic (exact) mass is 296 g/mol. The number of rotatable bonds is 2. The van der Waals surface area contributed by atoms with E-state index in [1.54, 1.807) is 22.7 Å². The molecule has 3 heterocycles. The Bertz CT molecular complexity index is 869. The molecule has 0 unspecified atom stereocenters. The predicted octanol–water partition coefficient (Wildman–Crippen LogP) is 5.33. The van der Waals surface area contributed by atoms with E-state index in [9.17, 15) is 0 Å². The second-order valence-electron chi connectivity index (χ2n) is 4.65. The molecule has 0 aliphatic heterocycles. The molecule has 0 radical (unpaired) electrons. The lowest BCUT2D eigenvalue weighted by molar-refractivity contribution is 1.38. The average Bonchev–Trinajstić information content (AvgIpc) is 3.16. The normalized spacial score (nSPS) is 11.2. The number of thiazole rings is 1. The third kappa shape index (κ3) is 1.80. The van der Waals surface area contributed by atoms with Crippen molar-refractivity contribution >= 4 is 33.6 Å². The van der Waals surface area contributed by atoms with Crippen LogP contribution in [0.15, 0.2) is 48.0 Å². The van der Waals surface area contributed by atoms with E-state index in [2.05, 4.69) is 53.8 Å². The highest BCUT2D eigenvalue weighted by Crippen LogP contribution is 2.37. The maximum absolute atomic E-state index is 4.85. The topological polar surface area (TPSA) is 28.7 Å². The quantitative estimate of drug-likeness (QED) is 0.532. The Hall–Kier alpha value is -1.91. The zero-order valence-electron chi connectivity index (χ0n) is 10.9. The van der Waals surface area contributed by atoms with Crippen LogP contribution in [0.4, 0.5) is 0 Å². The Morgan fingerprint density at radius 1 is 1.10 bits per heavy atom. The number of fused-ring (bicyclic) bond motifs is 1. The molecule has 0 fully saturated rings. The van der Waals surface area contributed by atoms with Crippen molar-refractivity contribution in [1.82, 2.24) is 9.97 Å². The molecule has 0 saturated heterocycles. The van der Waals surface area contributed by atoms with E-state index in [1.807, 2.05) is 6.07 Å². The molecule has 0 aliphatic carbocycles. The number of thiophene rings is 1. The molecule has 1 N–H and O–H groups in total. The number of hydrogen-bond acceptors (Lipinski definition) is 3. The number of para-hydroxylation sites is 1. The summed E-state index contributed by atoms with van der Waals surface area (Å²) in [5, 5.41) is 4.44. The minimum Gasteiger partial charge on any atom is -0.360 e. The summed E-state index contributed by atoms with van der Waals surface area (Å²) in [5.41, 5.74) is 3.44. The number of nitrogens with zero attached hydrogens (tertiary/aromatic N) is 1. The lowest BCUT2D eigenvalue weighted by Gasteiger charge is -1.96. The van der Waals surface area contributed by atoms with Crippen molar-refractivity contribution in [2.45, 2.75) is 6.92 Å². The van der Waals surface area contributed by atoms with E-state index in [1.165, 1.54) is 20.7 Å². The van der Waals surface area contributed by atoms with Gasteiger partial charge in [0.25, 0.3) is 0 Å². The smallest absolute Gasteiger partial charge is 0.134 e. The van der Waals surface area contributed by atoms with Crippen molar-refractivity contribution in [1.29, 1.82) is 0 Å². The molecule has 20 heavy (non-hydrogen) atoms. The molecule has 0 aliphatic rings. The fourth-order valence-electron chi connectivity index (χ4n) is 2.42. The van der Waals surface area contributed by atoms with Crippen molar-refractivity contribution in [3.05, 3.63) is 52.9 Å². The molecule has 0 saturated carbocycles. The third-order valence-corrected chi connectivity index (χ3v) is 5.38. The standard InChI is InChI=1S/C16H12N2S2/c1-10-15(18-16(20-10)14-7-4-8-19-14)12-9-17-13-6-3-2-5-11(12)13/h2-9,17H,1H3. The van der Waals surface area contributed by atoms with E-state index < -0.39 is 0 Å².